The van der Waals surface area contributed by atoms with E-state index in [1.807, 2.05) is 44.2 Å². The lowest BCUT2D eigenvalue weighted by atomic mass is 10.1. The molecular formula is C22H23BrN2O3. The molecule has 0 bridgehead atoms. The number of hydrogen-bond acceptors (Lipinski definition) is 4. The first kappa shape index (κ1) is 21.5. The zero-order chi connectivity index (χ0) is 20.7. The number of hydrogen-bond donors (Lipinski definition) is 1. The second kappa shape index (κ2) is 9.95. The Morgan fingerprint density at radius 3 is 2.50 bits per heavy atom. The molecule has 0 spiro atoms. The first-order chi connectivity index (χ1) is 13.4. The van der Waals surface area contributed by atoms with Crippen molar-refractivity contribution < 1.29 is 14.3 Å². The third-order valence-corrected chi connectivity index (χ3v) is 4.49. The molecule has 0 atom stereocenters. The lowest BCUT2D eigenvalue weighted by Gasteiger charge is -2.16. The van der Waals surface area contributed by atoms with Gasteiger partial charge in [-0.25, -0.2) is 0 Å². The molecule has 2 aromatic carbocycles. The number of nitriles is 1. The van der Waals surface area contributed by atoms with Crippen LogP contribution in [0.1, 0.15) is 31.9 Å². The summed E-state index contributed by atoms with van der Waals surface area (Å²) in [6.45, 7) is 5.91. The van der Waals surface area contributed by atoms with Crippen molar-refractivity contribution in [1.29, 1.82) is 5.26 Å². The SMILES string of the molecule is CCc1ccc(NC(=O)/C(C#N)=C/c2cc(Br)c(OC(C)C)c(OC)c2)cc1. The van der Waals surface area contributed by atoms with E-state index in [-0.39, 0.29) is 11.7 Å². The Morgan fingerprint density at radius 2 is 1.96 bits per heavy atom. The van der Waals surface area contributed by atoms with Gasteiger partial charge in [-0.15, -0.1) is 0 Å². The van der Waals surface area contributed by atoms with Crippen LogP contribution in [0.25, 0.3) is 6.08 Å². The van der Waals surface area contributed by atoms with Crippen molar-refractivity contribution in [3.05, 3.63) is 57.6 Å². The highest BCUT2D eigenvalue weighted by atomic mass is 79.9. The molecule has 0 aliphatic heterocycles. The highest BCUT2D eigenvalue weighted by Gasteiger charge is 2.15. The van der Waals surface area contributed by atoms with Crippen LogP contribution in [0.15, 0.2) is 46.4 Å². The summed E-state index contributed by atoms with van der Waals surface area (Å²) in [5.41, 5.74) is 2.46. The Balaban J connectivity index is 2.28. The Kier molecular flexibility index (Phi) is 7.65. The number of nitrogens with one attached hydrogen (secondary N) is 1. The lowest BCUT2D eigenvalue weighted by molar-refractivity contribution is -0.112. The van der Waals surface area contributed by atoms with Gasteiger partial charge in [0, 0.05) is 5.69 Å². The second-order valence-electron chi connectivity index (χ2n) is 6.38. The largest absolute Gasteiger partial charge is 0.493 e. The van der Waals surface area contributed by atoms with Crippen LogP contribution in [0.3, 0.4) is 0 Å². The molecular weight excluding hydrogens is 420 g/mol. The van der Waals surface area contributed by atoms with E-state index in [9.17, 15) is 10.1 Å². The van der Waals surface area contributed by atoms with E-state index in [0.29, 0.717) is 27.2 Å². The standard InChI is InChI=1S/C22H23BrN2O3/c1-5-15-6-8-18(9-7-15)25-22(26)17(13-24)10-16-11-19(23)21(28-14(2)3)20(12-16)27-4/h6-12,14H,5H2,1-4H3,(H,25,26)/b17-10+. The minimum absolute atomic E-state index is 0.00829. The molecule has 28 heavy (non-hydrogen) atoms. The van der Waals surface area contributed by atoms with Gasteiger partial charge in [-0.3, -0.25) is 4.79 Å². The summed E-state index contributed by atoms with van der Waals surface area (Å²) in [7, 11) is 1.54. The molecule has 0 unspecified atom stereocenters. The number of methoxy groups -OCH3 is 1. The average Bonchev–Trinajstić information content (AvgIpc) is 2.68. The van der Waals surface area contributed by atoms with Crippen LogP contribution >= 0.6 is 15.9 Å². The fourth-order valence-electron chi connectivity index (χ4n) is 2.51. The van der Waals surface area contributed by atoms with Crippen molar-refractivity contribution in [3.63, 3.8) is 0 Å². The van der Waals surface area contributed by atoms with Gasteiger partial charge in [0.15, 0.2) is 11.5 Å². The van der Waals surface area contributed by atoms with Crippen LogP contribution in [0.5, 0.6) is 11.5 Å². The van der Waals surface area contributed by atoms with Gasteiger partial charge < -0.3 is 14.8 Å². The number of anilines is 1. The van der Waals surface area contributed by atoms with Crippen LogP contribution in [0.2, 0.25) is 0 Å². The molecule has 0 heterocycles. The number of nitrogens with zero attached hydrogens (tertiary/aromatic N) is 1. The van der Waals surface area contributed by atoms with Crippen molar-refractivity contribution in [2.24, 2.45) is 0 Å². The molecule has 146 valence electrons. The Bertz CT molecular complexity index is 913. The summed E-state index contributed by atoms with van der Waals surface area (Å²) in [5, 5.41) is 12.2. The van der Waals surface area contributed by atoms with Gasteiger partial charge in [-0.05, 0) is 77.7 Å². The number of halogens is 1. The van der Waals surface area contributed by atoms with Gasteiger partial charge in [0.05, 0.1) is 17.7 Å². The van der Waals surface area contributed by atoms with Crippen LogP contribution < -0.4 is 14.8 Å². The predicted molar refractivity (Wildman–Crippen MR) is 114 cm³/mol. The molecule has 2 rings (SSSR count). The van der Waals surface area contributed by atoms with Gasteiger partial charge in [0.25, 0.3) is 5.91 Å². The average molecular weight is 443 g/mol. The number of carbonyl (C=O) groups excluding carboxylic acids is 1. The van der Waals surface area contributed by atoms with Crippen molar-refractivity contribution in [2.45, 2.75) is 33.3 Å². The third-order valence-electron chi connectivity index (χ3n) is 3.90. The number of aryl methyl sites for hydroxylation is 1. The maximum absolute atomic E-state index is 12.5. The number of benzene rings is 2. The molecule has 0 fully saturated rings. The van der Waals surface area contributed by atoms with E-state index in [2.05, 4.69) is 28.2 Å². The minimum atomic E-state index is -0.468. The Hall–Kier alpha value is -2.78. The topological polar surface area (TPSA) is 71.4 Å². The van der Waals surface area contributed by atoms with E-state index in [1.54, 1.807) is 19.2 Å². The van der Waals surface area contributed by atoms with Crippen molar-refractivity contribution in [1.82, 2.24) is 0 Å². The summed E-state index contributed by atoms with van der Waals surface area (Å²) in [6, 6.07) is 13.0. The summed E-state index contributed by atoms with van der Waals surface area (Å²) in [4.78, 5) is 12.5. The number of rotatable bonds is 7. The maximum Gasteiger partial charge on any atom is 0.266 e. The van der Waals surface area contributed by atoms with Gasteiger partial charge in [-0.2, -0.15) is 5.26 Å². The van der Waals surface area contributed by atoms with E-state index >= 15 is 0 Å². The van der Waals surface area contributed by atoms with E-state index in [1.165, 1.54) is 11.6 Å². The number of ether oxygens (including phenoxy) is 2. The van der Waals surface area contributed by atoms with Crippen molar-refractivity contribution in [2.75, 3.05) is 12.4 Å². The third kappa shape index (κ3) is 5.61. The van der Waals surface area contributed by atoms with Crippen LogP contribution in [-0.4, -0.2) is 19.1 Å². The number of carbonyl (C=O) groups is 1. The molecule has 2 aromatic rings. The molecule has 0 saturated heterocycles. The van der Waals surface area contributed by atoms with Crippen LogP contribution in [0, 0.1) is 11.3 Å². The summed E-state index contributed by atoms with van der Waals surface area (Å²) < 4.78 is 11.8. The van der Waals surface area contributed by atoms with E-state index in [0.717, 1.165) is 6.42 Å². The first-order valence-corrected chi connectivity index (χ1v) is 9.73. The molecule has 1 N–H and O–H groups in total. The fraction of sp³-hybridized carbons (Fsp3) is 0.273. The molecule has 0 radical (unpaired) electrons. The van der Waals surface area contributed by atoms with Gasteiger partial charge in [-0.1, -0.05) is 19.1 Å². The van der Waals surface area contributed by atoms with E-state index in [4.69, 9.17) is 9.47 Å². The Morgan fingerprint density at radius 1 is 1.29 bits per heavy atom. The van der Waals surface area contributed by atoms with Gasteiger partial charge >= 0.3 is 0 Å². The molecule has 0 aromatic heterocycles. The summed E-state index contributed by atoms with van der Waals surface area (Å²) >= 11 is 3.47. The Labute approximate surface area is 174 Å². The quantitative estimate of drug-likeness (QED) is 0.463. The monoisotopic (exact) mass is 442 g/mol. The molecule has 0 aliphatic rings. The lowest BCUT2D eigenvalue weighted by Crippen LogP contribution is -2.13. The molecule has 0 aliphatic carbocycles. The highest BCUT2D eigenvalue weighted by Crippen LogP contribution is 2.37. The smallest absolute Gasteiger partial charge is 0.266 e. The minimum Gasteiger partial charge on any atom is -0.493 e. The molecule has 0 saturated carbocycles. The van der Waals surface area contributed by atoms with Gasteiger partial charge in [0.1, 0.15) is 11.6 Å². The zero-order valence-electron chi connectivity index (χ0n) is 16.4. The fourth-order valence-corrected chi connectivity index (χ4v) is 3.06. The highest BCUT2D eigenvalue weighted by molar-refractivity contribution is 9.10. The van der Waals surface area contributed by atoms with Crippen molar-refractivity contribution >= 4 is 33.6 Å². The van der Waals surface area contributed by atoms with Crippen LogP contribution in [0.4, 0.5) is 5.69 Å². The zero-order valence-corrected chi connectivity index (χ0v) is 18.0. The summed E-state index contributed by atoms with van der Waals surface area (Å²) in [5.74, 6) is 0.625. The molecule has 5 nitrogen and oxygen atoms in total. The predicted octanol–water partition coefficient (Wildman–Crippen LogP) is 5.35. The van der Waals surface area contributed by atoms with E-state index < -0.39 is 5.91 Å². The first-order valence-electron chi connectivity index (χ1n) is 8.94. The molecule has 6 heteroatoms. The maximum atomic E-state index is 12.5. The second-order valence-corrected chi connectivity index (χ2v) is 7.23. The molecule has 1 amide bonds. The van der Waals surface area contributed by atoms with Crippen LogP contribution in [-0.2, 0) is 11.2 Å². The normalized spacial score (nSPS) is 11.1. The number of amides is 1. The summed E-state index contributed by atoms with van der Waals surface area (Å²) in [6.07, 6.45) is 2.42. The van der Waals surface area contributed by atoms with Gasteiger partial charge in [0.2, 0.25) is 0 Å². The van der Waals surface area contributed by atoms with Crippen molar-refractivity contribution in [3.8, 4) is 17.6 Å².